The molecule has 1 aliphatic carbocycles. The first-order valence-corrected chi connectivity index (χ1v) is 10.6. The standard InChI is InChI=1S/C21H28N6OS/c1-14-13-21(23,15(2)12-18(14)22)19-24-20(25-29-19)27-10-8-26(9-11-27)16-4-6-17(28-3)7-5-16/h4-7,12H,8-11,13,22-23H2,1-3H3. The zero-order chi connectivity index (χ0) is 20.6. The summed E-state index contributed by atoms with van der Waals surface area (Å²) in [6.45, 7) is 7.65. The summed E-state index contributed by atoms with van der Waals surface area (Å²) in [6.07, 6.45) is 2.65. The summed E-state index contributed by atoms with van der Waals surface area (Å²) in [5, 5.41) is 0.852. The number of piperazine rings is 1. The van der Waals surface area contributed by atoms with Gasteiger partial charge < -0.3 is 26.0 Å². The van der Waals surface area contributed by atoms with E-state index >= 15 is 0 Å². The highest BCUT2D eigenvalue weighted by Gasteiger charge is 2.37. The molecule has 0 amide bonds. The average molecular weight is 413 g/mol. The van der Waals surface area contributed by atoms with Crippen molar-refractivity contribution < 1.29 is 4.74 Å². The van der Waals surface area contributed by atoms with Gasteiger partial charge in [-0.2, -0.15) is 4.37 Å². The lowest BCUT2D eigenvalue weighted by Gasteiger charge is -2.36. The predicted molar refractivity (Wildman–Crippen MR) is 118 cm³/mol. The molecular formula is C21H28N6OS. The van der Waals surface area contributed by atoms with Crippen LogP contribution < -0.4 is 26.0 Å². The Labute approximate surface area is 175 Å². The molecule has 2 aromatic rings. The zero-order valence-electron chi connectivity index (χ0n) is 17.2. The van der Waals surface area contributed by atoms with E-state index in [0.717, 1.165) is 59.7 Å². The van der Waals surface area contributed by atoms with E-state index < -0.39 is 5.54 Å². The summed E-state index contributed by atoms with van der Waals surface area (Å²) in [5.41, 5.74) is 16.4. The summed E-state index contributed by atoms with van der Waals surface area (Å²) >= 11 is 1.40. The summed E-state index contributed by atoms with van der Waals surface area (Å²) in [7, 11) is 1.69. The van der Waals surface area contributed by atoms with E-state index in [2.05, 4.69) is 26.3 Å². The third-order valence-corrected chi connectivity index (χ3v) is 6.79. The molecule has 0 spiro atoms. The first-order valence-electron chi connectivity index (χ1n) is 9.82. The molecule has 7 nitrogen and oxygen atoms in total. The van der Waals surface area contributed by atoms with E-state index in [9.17, 15) is 0 Å². The molecule has 0 radical (unpaired) electrons. The van der Waals surface area contributed by atoms with Crippen molar-refractivity contribution in [3.63, 3.8) is 0 Å². The second-order valence-corrected chi connectivity index (χ2v) is 8.53. The zero-order valence-corrected chi connectivity index (χ0v) is 18.0. The maximum Gasteiger partial charge on any atom is 0.237 e. The lowest BCUT2D eigenvalue weighted by Crippen LogP contribution is -2.47. The highest BCUT2D eigenvalue weighted by Crippen LogP contribution is 2.38. The average Bonchev–Trinajstić information content (AvgIpc) is 3.24. The molecule has 2 aliphatic rings. The van der Waals surface area contributed by atoms with Crippen LogP contribution in [0.3, 0.4) is 0 Å². The Bertz CT molecular complexity index is 942. The van der Waals surface area contributed by atoms with Crippen LogP contribution in [0.4, 0.5) is 11.6 Å². The molecule has 1 unspecified atom stereocenters. The highest BCUT2D eigenvalue weighted by molar-refractivity contribution is 7.05. The van der Waals surface area contributed by atoms with Crippen LogP contribution in [0.2, 0.25) is 0 Å². The SMILES string of the molecule is COc1ccc(N2CCN(c3nsc(C4(N)CC(C)=C(N)C=C4C)n3)CC2)cc1. The van der Waals surface area contributed by atoms with E-state index in [1.165, 1.54) is 17.2 Å². The van der Waals surface area contributed by atoms with Gasteiger partial charge in [0.2, 0.25) is 5.95 Å². The Hall–Kier alpha value is -2.58. The van der Waals surface area contributed by atoms with Crippen molar-refractivity contribution in [2.24, 2.45) is 11.5 Å². The number of ether oxygens (including phenoxy) is 1. The van der Waals surface area contributed by atoms with Gasteiger partial charge in [0, 0.05) is 37.6 Å². The predicted octanol–water partition coefficient (Wildman–Crippen LogP) is 2.61. The van der Waals surface area contributed by atoms with Crippen LogP contribution >= 0.6 is 11.5 Å². The van der Waals surface area contributed by atoms with Gasteiger partial charge >= 0.3 is 0 Å². The second-order valence-electron chi connectivity index (χ2n) is 7.78. The molecule has 2 heterocycles. The molecule has 4 rings (SSSR count). The van der Waals surface area contributed by atoms with Gasteiger partial charge in [0.25, 0.3) is 0 Å². The fraction of sp³-hybridized carbons (Fsp3) is 0.429. The highest BCUT2D eigenvalue weighted by atomic mass is 32.1. The molecule has 154 valence electrons. The Balaban J connectivity index is 1.44. The minimum absolute atomic E-state index is 0.617. The van der Waals surface area contributed by atoms with Crippen LogP contribution in [0.15, 0.2) is 47.2 Å². The molecular weight excluding hydrogens is 384 g/mol. The van der Waals surface area contributed by atoms with Crippen molar-refractivity contribution in [3.8, 4) is 5.75 Å². The van der Waals surface area contributed by atoms with Gasteiger partial charge in [0.15, 0.2) is 0 Å². The third-order valence-electron chi connectivity index (χ3n) is 5.91. The normalized spacial score (nSPS) is 22.7. The van der Waals surface area contributed by atoms with E-state index in [4.69, 9.17) is 21.2 Å². The van der Waals surface area contributed by atoms with Crippen molar-refractivity contribution in [2.75, 3.05) is 43.1 Å². The first kappa shape index (κ1) is 19.7. The number of hydrogen-bond acceptors (Lipinski definition) is 8. The van der Waals surface area contributed by atoms with Crippen LogP contribution in [0, 0.1) is 0 Å². The molecule has 0 bridgehead atoms. The maximum absolute atomic E-state index is 6.75. The van der Waals surface area contributed by atoms with Crippen molar-refractivity contribution >= 4 is 23.2 Å². The van der Waals surface area contributed by atoms with Gasteiger partial charge in [-0.15, -0.1) is 0 Å². The number of rotatable bonds is 4. The van der Waals surface area contributed by atoms with E-state index in [1.807, 2.05) is 32.1 Å². The summed E-state index contributed by atoms with van der Waals surface area (Å²) < 4.78 is 9.87. The number of allylic oxidation sites excluding steroid dienone is 1. The quantitative estimate of drug-likeness (QED) is 0.797. The van der Waals surface area contributed by atoms with Gasteiger partial charge in [-0.05, 0) is 73.3 Å². The molecule has 8 heteroatoms. The molecule has 4 N–H and O–H groups in total. The van der Waals surface area contributed by atoms with E-state index in [1.54, 1.807) is 7.11 Å². The van der Waals surface area contributed by atoms with E-state index in [-0.39, 0.29) is 0 Å². The number of anilines is 2. The van der Waals surface area contributed by atoms with Gasteiger partial charge in [-0.25, -0.2) is 4.98 Å². The lowest BCUT2D eigenvalue weighted by atomic mass is 9.81. The van der Waals surface area contributed by atoms with Crippen molar-refractivity contribution in [3.05, 3.63) is 52.2 Å². The Kier molecular flexibility index (Phi) is 5.23. The number of nitrogens with two attached hydrogens (primary N) is 2. The monoisotopic (exact) mass is 412 g/mol. The lowest BCUT2D eigenvalue weighted by molar-refractivity contribution is 0.415. The minimum atomic E-state index is -0.617. The van der Waals surface area contributed by atoms with Crippen LogP contribution in [-0.2, 0) is 5.54 Å². The van der Waals surface area contributed by atoms with Crippen LogP contribution in [0.1, 0.15) is 25.3 Å². The summed E-state index contributed by atoms with van der Waals surface area (Å²) in [5.74, 6) is 1.65. The van der Waals surface area contributed by atoms with Crippen LogP contribution in [0.25, 0.3) is 0 Å². The fourth-order valence-electron chi connectivity index (χ4n) is 3.87. The summed E-state index contributed by atoms with van der Waals surface area (Å²) in [6, 6.07) is 8.21. The fourth-order valence-corrected chi connectivity index (χ4v) is 4.72. The Morgan fingerprint density at radius 3 is 2.38 bits per heavy atom. The summed E-state index contributed by atoms with van der Waals surface area (Å²) in [4.78, 5) is 9.44. The smallest absolute Gasteiger partial charge is 0.237 e. The number of benzene rings is 1. The molecule has 1 aliphatic heterocycles. The number of hydrogen-bond donors (Lipinski definition) is 2. The van der Waals surface area contributed by atoms with E-state index in [0.29, 0.717) is 6.42 Å². The second kappa shape index (κ2) is 7.68. The largest absolute Gasteiger partial charge is 0.497 e. The minimum Gasteiger partial charge on any atom is -0.497 e. The van der Waals surface area contributed by atoms with Gasteiger partial charge in [-0.3, -0.25) is 0 Å². The molecule has 29 heavy (non-hydrogen) atoms. The maximum atomic E-state index is 6.75. The van der Waals surface area contributed by atoms with Gasteiger partial charge in [0.05, 0.1) is 12.6 Å². The molecule has 1 fully saturated rings. The van der Waals surface area contributed by atoms with Crippen LogP contribution in [-0.4, -0.2) is 42.6 Å². The van der Waals surface area contributed by atoms with Gasteiger partial charge in [-0.1, -0.05) is 0 Å². The van der Waals surface area contributed by atoms with Crippen molar-refractivity contribution in [1.82, 2.24) is 9.36 Å². The molecule has 1 atom stereocenters. The molecule has 0 saturated carbocycles. The molecule has 1 aromatic heterocycles. The number of nitrogens with zero attached hydrogens (tertiary/aromatic N) is 4. The number of aromatic nitrogens is 2. The number of methoxy groups -OCH3 is 1. The Morgan fingerprint density at radius 2 is 1.72 bits per heavy atom. The van der Waals surface area contributed by atoms with Crippen molar-refractivity contribution in [2.45, 2.75) is 25.8 Å². The molecule has 1 saturated heterocycles. The topological polar surface area (TPSA) is 93.5 Å². The van der Waals surface area contributed by atoms with Gasteiger partial charge in [0.1, 0.15) is 10.8 Å². The van der Waals surface area contributed by atoms with Crippen LogP contribution in [0.5, 0.6) is 5.75 Å². The Morgan fingerprint density at radius 1 is 1.07 bits per heavy atom. The molecule has 1 aromatic carbocycles. The first-order chi connectivity index (χ1) is 13.9. The third kappa shape index (κ3) is 3.70. The van der Waals surface area contributed by atoms with Crippen molar-refractivity contribution in [1.29, 1.82) is 0 Å².